The summed E-state index contributed by atoms with van der Waals surface area (Å²) in [6.45, 7) is 12.4. The van der Waals surface area contributed by atoms with Crippen molar-refractivity contribution in [2.45, 2.75) is 62.0 Å². The van der Waals surface area contributed by atoms with Gasteiger partial charge in [-0.2, -0.15) is 0 Å². The van der Waals surface area contributed by atoms with Crippen molar-refractivity contribution in [2.75, 3.05) is 14.2 Å². The molecule has 3 atom stereocenters. The van der Waals surface area contributed by atoms with Crippen molar-refractivity contribution in [2.24, 2.45) is 5.92 Å². The first-order valence-corrected chi connectivity index (χ1v) is 16.4. The van der Waals surface area contributed by atoms with Gasteiger partial charge in [0.2, 0.25) is 0 Å². The maximum absolute atomic E-state index is 13.5. The monoisotopic (exact) mass is 492 g/mol. The Morgan fingerprint density at radius 2 is 1.71 bits per heavy atom. The van der Waals surface area contributed by atoms with Gasteiger partial charge in [-0.05, 0) is 0 Å². The van der Waals surface area contributed by atoms with Gasteiger partial charge >= 0.3 is 177 Å². The summed E-state index contributed by atoms with van der Waals surface area (Å²) in [5, 5.41) is -1.20. The van der Waals surface area contributed by atoms with Crippen LogP contribution in [0.15, 0.2) is 30.3 Å². The number of carbonyl (C=O) groups is 1. The van der Waals surface area contributed by atoms with Crippen LogP contribution in [0.4, 0.5) is 0 Å². The zero-order valence-electron chi connectivity index (χ0n) is 18.1. The Morgan fingerprint density at radius 1 is 1.18 bits per heavy atom. The Kier molecular flexibility index (Phi) is 7.13. The molecule has 0 saturated heterocycles. The van der Waals surface area contributed by atoms with Gasteiger partial charge in [-0.1, -0.05) is 0 Å². The van der Waals surface area contributed by atoms with E-state index in [4.69, 9.17) is 13.8 Å². The number of rotatable bonds is 8. The van der Waals surface area contributed by atoms with Gasteiger partial charge in [0.25, 0.3) is 0 Å². The molecule has 28 heavy (non-hydrogen) atoms. The van der Waals surface area contributed by atoms with Crippen molar-refractivity contribution < 1.29 is 23.1 Å². The molecule has 0 heterocycles. The topological polar surface area (TPSA) is 61.8 Å². The van der Waals surface area contributed by atoms with Gasteiger partial charge in [0.05, 0.1) is 0 Å². The molecule has 1 fully saturated rings. The molecule has 0 N–H and O–H groups in total. The second-order valence-corrected chi connectivity index (χ2v) is 20.7. The molecule has 1 saturated carbocycles. The molecule has 1 aliphatic rings. The van der Waals surface area contributed by atoms with Gasteiger partial charge in [0, 0.05) is 0 Å². The maximum atomic E-state index is 13.5. The number of benzene rings is 1. The summed E-state index contributed by atoms with van der Waals surface area (Å²) in [6.07, 6.45) is 0.490. The number of ether oxygens (including phenoxy) is 1. The standard InChI is InChI=1S/C20H33O5PSeSi/c1-19(2,3)25-18(21)20(26(22,23-4)24-5)14-16(20)17(28(6,7)8)27-15-12-10-9-11-13-15/h9-13,16-17H,14H2,1-8H3/t16-,17-,20+/m1/s1. The average Bonchev–Trinajstić information content (AvgIpc) is 3.34. The van der Waals surface area contributed by atoms with Crippen molar-refractivity contribution in [1.82, 2.24) is 0 Å². The third kappa shape index (κ3) is 4.83. The fraction of sp³-hybridized carbons (Fsp3) is 0.650. The van der Waals surface area contributed by atoms with Crippen LogP contribution in [-0.4, -0.2) is 54.0 Å². The van der Waals surface area contributed by atoms with Crippen LogP contribution < -0.4 is 4.46 Å². The first kappa shape index (κ1) is 23.9. The summed E-state index contributed by atoms with van der Waals surface area (Å²) in [4.78, 5) is 13.3. The zero-order valence-corrected chi connectivity index (χ0v) is 21.8. The second-order valence-electron chi connectivity index (χ2n) is 9.32. The normalized spacial score (nSPS) is 23.9. The van der Waals surface area contributed by atoms with Crippen LogP contribution in [0.1, 0.15) is 27.2 Å². The predicted molar refractivity (Wildman–Crippen MR) is 117 cm³/mol. The van der Waals surface area contributed by atoms with Crippen molar-refractivity contribution >= 4 is 41.1 Å². The zero-order chi connectivity index (χ0) is 21.4. The molecular formula is C20H33O5PSeSi. The molecule has 8 heteroatoms. The minimum absolute atomic E-state index is 0.0556. The SMILES string of the molecule is COP(=O)(OC)[C@@]1(C(=O)OC(C)(C)C)C[C@@H]1[C@H]([Se]c1ccccc1)[Si](C)(C)C. The van der Waals surface area contributed by atoms with Gasteiger partial charge in [-0.3, -0.25) is 0 Å². The van der Waals surface area contributed by atoms with E-state index in [1.54, 1.807) is 0 Å². The summed E-state index contributed by atoms with van der Waals surface area (Å²) in [7, 11) is -2.60. The van der Waals surface area contributed by atoms with Crippen LogP contribution >= 0.6 is 7.60 Å². The van der Waals surface area contributed by atoms with E-state index in [0.717, 1.165) is 0 Å². The Hall–Kier alpha value is -0.424. The summed E-state index contributed by atoms with van der Waals surface area (Å²) in [6, 6.07) is 10.4. The fourth-order valence-corrected chi connectivity index (χ4v) is 13.2. The van der Waals surface area contributed by atoms with E-state index in [1.807, 2.05) is 39.0 Å². The molecule has 0 aromatic heterocycles. The molecule has 0 spiro atoms. The van der Waals surface area contributed by atoms with Crippen LogP contribution in [0.3, 0.4) is 0 Å². The quantitative estimate of drug-likeness (QED) is 0.309. The summed E-state index contributed by atoms with van der Waals surface area (Å²) >= 11 is 0.159. The van der Waals surface area contributed by atoms with Crippen LogP contribution in [0, 0.1) is 5.92 Å². The van der Waals surface area contributed by atoms with E-state index in [1.165, 1.54) is 18.7 Å². The van der Waals surface area contributed by atoms with Gasteiger partial charge in [-0.15, -0.1) is 0 Å². The molecular weight excluding hydrogens is 458 g/mol. The van der Waals surface area contributed by atoms with E-state index in [0.29, 0.717) is 10.9 Å². The van der Waals surface area contributed by atoms with Crippen LogP contribution in [-0.2, 0) is 23.1 Å². The molecule has 0 radical (unpaired) electrons. The van der Waals surface area contributed by atoms with Gasteiger partial charge < -0.3 is 0 Å². The molecule has 0 aliphatic heterocycles. The third-order valence-electron chi connectivity index (χ3n) is 4.93. The van der Waals surface area contributed by atoms with Crippen molar-refractivity contribution in [3.05, 3.63) is 30.3 Å². The molecule has 158 valence electrons. The van der Waals surface area contributed by atoms with Crippen LogP contribution in [0.2, 0.25) is 24.1 Å². The average molecular weight is 491 g/mol. The van der Waals surface area contributed by atoms with Gasteiger partial charge in [0.1, 0.15) is 0 Å². The Bertz CT molecular complexity index is 735. The predicted octanol–water partition coefficient (Wildman–Crippen LogP) is 4.27. The summed E-state index contributed by atoms with van der Waals surface area (Å²) in [5.74, 6) is -0.510. The van der Waals surface area contributed by atoms with Crippen LogP contribution in [0.5, 0.6) is 0 Å². The molecule has 1 aliphatic carbocycles. The first-order valence-electron chi connectivity index (χ1n) is 9.47. The number of carbonyl (C=O) groups excluding carboxylic acids is 1. The number of hydrogen-bond donors (Lipinski definition) is 0. The Balaban J connectivity index is 2.45. The number of esters is 1. The molecule has 1 aromatic carbocycles. The molecule has 0 amide bonds. The Labute approximate surface area is 176 Å². The van der Waals surface area contributed by atoms with E-state index in [-0.39, 0.29) is 20.9 Å². The first-order chi connectivity index (χ1) is 12.8. The van der Waals surface area contributed by atoms with Crippen molar-refractivity contribution in [3.63, 3.8) is 0 Å². The summed E-state index contributed by atoms with van der Waals surface area (Å²) < 4.78 is 31.5. The minimum atomic E-state index is -3.64. The van der Waals surface area contributed by atoms with Crippen molar-refractivity contribution in [1.29, 1.82) is 0 Å². The van der Waals surface area contributed by atoms with Gasteiger partial charge in [0.15, 0.2) is 0 Å². The Morgan fingerprint density at radius 3 is 2.14 bits per heavy atom. The van der Waals surface area contributed by atoms with E-state index in [2.05, 4.69) is 31.8 Å². The fourth-order valence-electron chi connectivity index (χ4n) is 3.57. The second kappa shape index (κ2) is 8.37. The van der Waals surface area contributed by atoms with E-state index >= 15 is 0 Å². The number of hydrogen-bond acceptors (Lipinski definition) is 5. The van der Waals surface area contributed by atoms with E-state index in [9.17, 15) is 9.36 Å². The molecule has 0 bridgehead atoms. The summed E-state index contributed by atoms with van der Waals surface area (Å²) in [5.41, 5.74) is -0.664. The third-order valence-corrected chi connectivity index (χ3v) is 17.1. The van der Waals surface area contributed by atoms with Crippen molar-refractivity contribution in [3.8, 4) is 0 Å². The van der Waals surface area contributed by atoms with Crippen LogP contribution in [0.25, 0.3) is 0 Å². The molecule has 2 rings (SSSR count). The molecule has 5 nitrogen and oxygen atoms in total. The molecule has 1 aromatic rings. The molecule has 0 unspecified atom stereocenters. The van der Waals surface area contributed by atoms with E-state index < -0.39 is 32.4 Å². The van der Waals surface area contributed by atoms with Gasteiger partial charge in [-0.25, -0.2) is 0 Å².